The highest BCUT2D eigenvalue weighted by Gasteiger charge is 2.38. The number of carbonyl (C=O) groups is 2. The maximum atomic E-state index is 12.9. The minimum atomic E-state index is -0.0753. The normalized spacial score (nSPS) is 26.2. The summed E-state index contributed by atoms with van der Waals surface area (Å²) < 4.78 is 0. The lowest BCUT2D eigenvalue weighted by atomic mass is 9.79. The lowest BCUT2D eigenvalue weighted by molar-refractivity contribution is -0.140. The lowest BCUT2D eigenvalue weighted by Gasteiger charge is -2.44. The van der Waals surface area contributed by atoms with Gasteiger partial charge >= 0.3 is 6.03 Å². The highest BCUT2D eigenvalue weighted by Crippen LogP contribution is 2.29. The van der Waals surface area contributed by atoms with Crippen LogP contribution in [0.5, 0.6) is 0 Å². The predicted molar refractivity (Wildman–Crippen MR) is 103 cm³/mol. The standard InChI is InChI=1S/C18H34N4O2.ClH/c1-13(2)10-20-17(24)21-8-5-6-14(11-21)16(23)22-9-7-15(19)18(3,4)12-22;/h13-15H,5-12,19H2,1-4H3,(H,20,24);1H. The van der Waals surface area contributed by atoms with Crippen LogP contribution in [-0.2, 0) is 4.79 Å². The molecule has 2 atom stereocenters. The van der Waals surface area contributed by atoms with E-state index in [1.807, 2.05) is 4.90 Å². The Morgan fingerprint density at radius 2 is 1.88 bits per heavy atom. The Bertz CT molecular complexity index is 470. The van der Waals surface area contributed by atoms with E-state index >= 15 is 0 Å². The van der Waals surface area contributed by atoms with Crippen molar-refractivity contribution < 1.29 is 9.59 Å². The number of nitrogens with one attached hydrogen (secondary N) is 1. The van der Waals surface area contributed by atoms with Crippen LogP contribution in [0, 0.1) is 17.3 Å². The average molecular weight is 375 g/mol. The van der Waals surface area contributed by atoms with Gasteiger partial charge in [0.2, 0.25) is 5.91 Å². The summed E-state index contributed by atoms with van der Waals surface area (Å²) in [6.45, 7) is 11.8. The SMILES string of the molecule is CC(C)CNC(=O)N1CCCC(C(=O)N2CCC(N)C(C)(C)C2)C1.Cl. The lowest BCUT2D eigenvalue weighted by Crippen LogP contribution is -2.56. The van der Waals surface area contributed by atoms with Gasteiger partial charge < -0.3 is 20.9 Å². The third-order valence-electron chi connectivity index (χ3n) is 5.34. The summed E-state index contributed by atoms with van der Waals surface area (Å²) in [7, 11) is 0. The summed E-state index contributed by atoms with van der Waals surface area (Å²) in [6, 6.07) is 0.105. The average Bonchev–Trinajstić information content (AvgIpc) is 2.54. The summed E-state index contributed by atoms with van der Waals surface area (Å²) in [5.41, 5.74) is 6.13. The maximum absolute atomic E-state index is 12.9. The van der Waals surface area contributed by atoms with Crippen molar-refractivity contribution in [2.45, 2.75) is 53.0 Å². The zero-order chi connectivity index (χ0) is 17.9. The minimum absolute atomic E-state index is 0. The third kappa shape index (κ3) is 5.74. The van der Waals surface area contributed by atoms with Gasteiger partial charge in [-0.1, -0.05) is 27.7 Å². The smallest absolute Gasteiger partial charge is 0.317 e. The zero-order valence-electron chi connectivity index (χ0n) is 16.1. The Hall–Kier alpha value is -1.01. The van der Waals surface area contributed by atoms with Crippen molar-refractivity contribution in [3.63, 3.8) is 0 Å². The summed E-state index contributed by atoms with van der Waals surface area (Å²) in [4.78, 5) is 28.9. The van der Waals surface area contributed by atoms with E-state index in [1.54, 1.807) is 4.90 Å². The molecule has 7 heteroatoms. The topological polar surface area (TPSA) is 78.7 Å². The van der Waals surface area contributed by atoms with Gasteiger partial charge in [-0.15, -0.1) is 12.4 Å². The van der Waals surface area contributed by atoms with Crippen molar-refractivity contribution in [3.8, 4) is 0 Å². The van der Waals surface area contributed by atoms with Crippen LogP contribution in [0.15, 0.2) is 0 Å². The molecule has 2 saturated heterocycles. The van der Waals surface area contributed by atoms with Crippen molar-refractivity contribution in [1.82, 2.24) is 15.1 Å². The van der Waals surface area contributed by atoms with Gasteiger partial charge in [0.1, 0.15) is 0 Å². The second-order valence-corrected chi connectivity index (χ2v) is 8.51. The van der Waals surface area contributed by atoms with E-state index in [0.717, 1.165) is 32.4 Å². The van der Waals surface area contributed by atoms with Gasteiger partial charge in [-0.2, -0.15) is 0 Å². The molecule has 2 heterocycles. The summed E-state index contributed by atoms with van der Waals surface area (Å²) in [6.07, 6.45) is 2.61. The van der Waals surface area contributed by atoms with E-state index in [-0.39, 0.29) is 41.7 Å². The molecule has 0 saturated carbocycles. The Balaban J connectivity index is 0.00000312. The van der Waals surface area contributed by atoms with E-state index < -0.39 is 0 Å². The largest absolute Gasteiger partial charge is 0.342 e. The van der Waals surface area contributed by atoms with Crippen LogP contribution in [0.25, 0.3) is 0 Å². The number of piperidine rings is 2. The van der Waals surface area contributed by atoms with Gasteiger partial charge in [-0.25, -0.2) is 4.79 Å². The molecule has 0 aromatic carbocycles. The fraction of sp³-hybridized carbons (Fsp3) is 0.889. The fourth-order valence-electron chi connectivity index (χ4n) is 3.59. The molecular weight excluding hydrogens is 340 g/mol. The summed E-state index contributed by atoms with van der Waals surface area (Å²) in [5.74, 6) is 0.543. The molecule has 0 bridgehead atoms. The van der Waals surface area contributed by atoms with E-state index in [2.05, 4.69) is 33.0 Å². The fourth-order valence-corrected chi connectivity index (χ4v) is 3.59. The van der Waals surface area contributed by atoms with Crippen molar-refractivity contribution in [1.29, 1.82) is 0 Å². The second-order valence-electron chi connectivity index (χ2n) is 8.51. The van der Waals surface area contributed by atoms with Crippen molar-refractivity contribution in [2.24, 2.45) is 23.0 Å². The number of hydrogen-bond donors (Lipinski definition) is 2. The number of nitrogens with zero attached hydrogens (tertiary/aromatic N) is 2. The molecule has 0 aromatic rings. The number of rotatable bonds is 3. The first-order chi connectivity index (χ1) is 11.2. The Morgan fingerprint density at radius 1 is 1.20 bits per heavy atom. The van der Waals surface area contributed by atoms with Gasteiger partial charge in [0.05, 0.1) is 5.92 Å². The highest BCUT2D eigenvalue weighted by molar-refractivity contribution is 5.85. The number of nitrogens with two attached hydrogens (primary N) is 1. The molecule has 2 fully saturated rings. The van der Waals surface area contributed by atoms with Crippen LogP contribution in [0.4, 0.5) is 4.79 Å². The highest BCUT2D eigenvalue weighted by atomic mass is 35.5. The molecule has 2 aliphatic rings. The molecule has 6 nitrogen and oxygen atoms in total. The van der Waals surface area contributed by atoms with E-state index in [0.29, 0.717) is 25.6 Å². The van der Waals surface area contributed by atoms with Gasteiger partial charge in [-0.05, 0) is 30.6 Å². The first-order valence-corrected chi connectivity index (χ1v) is 9.28. The number of urea groups is 1. The van der Waals surface area contributed by atoms with Crippen LogP contribution in [-0.4, -0.2) is 60.5 Å². The summed E-state index contributed by atoms with van der Waals surface area (Å²) >= 11 is 0. The van der Waals surface area contributed by atoms with Crippen molar-refractivity contribution >= 4 is 24.3 Å². The molecule has 0 aromatic heterocycles. The Morgan fingerprint density at radius 3 is 2.48 bits per heavy atom. The quantitative estimate of drug-likeness (QED) is 0.793. The minimum Gasteiger partial charge on any atom is -0.342 e. The number of halogens is 1. The first kappa shape index (κ1) is 22.0. The van der Waals surface area contributed by atoms with Crippen LogP contribution in [0.2, 0.25) is 0 Å². The molecule has 2 rings (SSSR count). The predicted octanol–water partition coefficient (Wildman–Crippen LogP) is 2.07. The van der Waals surface area contributed by atoms with Crippen molar-refractivity contribution in [3.05, 3.63) is 0 Å². The molecular formula is C18H35ClN4O2. The Labute approximate surface area is 158 Å². The van der Waals surface area contributed by atoms with E-state index in [1.165, 1.54) is 0 Å². The number of carbonyl (C=O) groups excluding carboxylic acids is 2. The van der Waals surface area contributed by atoms with E-state index in [9.17, 15) is 9.59 Å². The second kappa shape index (κ2) is 9.08. The zero-order valence-corrected chi connectivity index (χ0v) is 16.9. The number of hydrogen-bond acceptors (Lipinski definition) is 3. The third-order valence-corrected chi connectivity index (χ3v) is 5.34. The van der Waals surface area contributed by atoms with Crippen LogP contribution in [0.3, 0.4) is 0 Å². The molecule has 0 aliphatic carbocycles. The molecule has 2 unspecified atom stereocenters. The van der Waals surface area contributed by atoms with Gasteiger partial charge in [0.25, 0.3) is 0 Å². The molecule has 3 amide bonds. The number of amides is 3. The number of likely N-dealkylation sites (tertiary alicyclic amines) is 2. The molecule has 2 aliphatic heterocycles. The molecule has 25 heavy (non-hydrogen) atoms. The summed E-state index contributed by atoms with van der Waals surface area (Å²) in [5, 5.41) is 2.96. The van der Waals surface area contributed by atoms with Crippen LogP contribution >= 0.6 is 12.4 Å². The van der Waals surface area contributed by atoms with Gasteiger partial charge in [0, 0.05) is 38.8 Å². The first-order valence-electron chi connectivity index (χ1n) is 9.28. The molecule has 3 N–H and O–H groups in total. The van der Waals surface area contributed by atoms with Gasteiger partial charge in [-0.3, -0.25) is 4.79 Å². The Kier molecular flexibility index (Phi) is 8.00. The van der Waals surface area contributed by atoms with Gasteiger partial charge in [0.15, 0.2) is 0 Å². The van der Waals surface area contributed by atoms with E-state index in [4.69, 9.17) is 5.73 Å². The van der Waals surface area contributed by atoms with Crippen molar-refractivity contribution in [2.75, 3.05) is 32.7 Å². The molecule has 0 radical (unpaired) electrons. The maximum Gasteiger partial charge on any atom is 0.317 e. The monoisotopic (exact) mass is 374 g/mol. The molecule has 0 spiro atoms. The molecule has 146 valence electrons. The van der Waals surface area contributed by atoms with Crippen LogP contribution in [0.1, 0.15) is 47.0 Å². The van der Waals surface area contributed by atoms with Crippen LogP contribution < -0.4 is 11.1 Å².